The number of fused-ring (bicyclic) bond motifs is 4. The van der Waals surface area contributed by atoms with Gasteiger partial charge in [-0.2, -0.15) is 4.98 Å². The van der Waals surface area contributed by atoms with Gasteiger partial charge in [0.05, 0.1) is 12.7 Å². The Bertz CT molecular complexity index is 958. The lowest BCUT2D eigenvalue weighted by molar-refractivity contribution is 0.467. The van der Waals surface area contributed by atoms with Crippen LogP contribution in [0.15, 0.2) is 17.5 Å². The summed E-state index contributed by atoms with van der Waals surface area (Å²) in [4.78, 5) is 19.2. The van der Waals surface area contributed by atoms with Crippen LogP contribution in [0.3, 0.4) is 0 Å². The van der Waals surface area contributed by atoms with Gasteiger partial charge in [0, 0.05) is 18.5 Å². The predicted molar refractivity (Wildman–Crippen MR) is 102 cm³/mol. The first-order chi connectivity index (χ1) is 13.1. The molecule has 27 heavy (non-hydrogen) atoms. The first-order valence-corrected chi connectivity index (χ1v) is 10.0. The van der Waals surface area contributed by atoms with Crippen LogP contribution in [-0.2, 0) is 5.54 Å². The van der Waals surface area contributed by atoms with E-state index in [-0.39, 0.29) is 5.54 Å². The molecule has 0 radical (unpaired) electrons. The van der Waals surface area contributed by atoms with Crippen LogP contribution >= 0.6 is 0 Å². The number of amidine groups is 1. The topological polar surface area (TPSA) is 75.3 Å². The monoisotopic (exact) mass is 364 g/mol. The highest BCUT2D eigenvalue weighted by Crippen LogP contribution is 2.60. The van der Waals surface area contributed by atoms with Crippen LogP contribution < -0.4 is 9.80 Å². The van der Waals surface area contributed by atoms with Gasteiger partial charge in [-0.3, -0.25) is 14.5 Å². The van der Waals surface area contributed by atoms with Crippen LogP contribution in [-0.4, -0.2) is 49.7 Å². The van der Waals surface area contributed by atoms with Gasteiger partial charge in [-0.05, 0) is 39.0 Å². The predicted octanol–water partition coefficient (Wildman–Crippen LogP) is 2.15. The zero-order valence-corrected chi connectivity index (χ0v) is 16.0. The van der Waals surface area contributed by atoms with Crippen LogP contribution in [0, 0.1) is 11.8 Å². The van der Waals surface area contributed by atoms with Crippen molar-refractivity contribution in [1.82, 2.24) is 24.7 Å². The maximum Gasteiger partial charge on any atom is 0.232 e. The molecule has 2 aromatic heterocycles. The molecule has 2 saturated carbocycles. The SMILES string of the molecule is CC(C)N1c2nc(N3CCN=C3C3CC3)ncc2-n2cnnc2[C@@]12C[C@@H]2C. The molecule has 4 heterocycles. The van der Waals surface area contributed by atoms with Gasteiger partial charge in [-0.25, -0.2) is 4.98 Å². The summed E-state index contributed by atoms with van der Waals surface area (Å²) in [5.41, 5.74) is 0.878. The molecule has 2 atom stereocenters. The van der Waals surface area contributed by atoms with E-state index in [2.05, 4.69) is 45.3 Å². The Morgan fingerprint density at radius 1 is 1.26 bits per heavy atom. The number of aromatic nitrogens is 5. The van der Waals surface area contributed by atoms with E-state index in [0.29, 0.717) is 17.9 Å². The number of hydrogen-bond donors (Lipinski definition) is 0. The van der Waals surface area contributed by atoms with E-state index in [1.807, 2.05) is 6.20 Å². The smallest absolute Gasteiger partial charge is 0.232 e. The normalized spacial score (nSPS) is 28.6. The van der Waals surface area contributed by atoms with Crippen molar-refractivity contribution in [2.24, 2.45) is 16.8 Å². The van der Waals surface area contributed by atoms with Crippen molar-refractivity contribution in [3.8, 4) is 5.69 Å². The van der Waals surface area contributed by atoms with Crippen molar-refractivity contribution >= 4 is 17.6 Å². The van der Waals surface area contributed by atoms with Crippen LogP contribution in [0.5, 0.6) is 0 Å². The molecule has 1 spiro atoms. The Labute approximate surface area is 158 Å². The molecular weight excluding hydrogens is 340 g/mol. The Morgan fingerprint density at radius 3 is 2.78 bits per heavy atom. The fourth-order valence-electron chi connectivity index (χ4n) is 4.96. The van der Waals surface area contributed by atoms with Gasteiger partial charge >= 0.3 is 0 Å². The van der Waals surface area contributed by atoms with Crippen molar-refractivity contribution in [2.45, 2.75) is 51.6 Å². The second-order valence-corrected chi connectivity index (χ2v) is 8.56. The quantitative estimate of drug-likeness (QED) is 0.831. The molecule has 0 amide bonds. The summed E-state index contributed by atoms with van der Waals surface area (Å²) in [6.45, 7) is 8.48. The fourth-order valence-corrected chi connectivity index (χ4v) is 4.96. The minimum atomic E-state index is -0.0955. The summed E-state index contributed by atoms with van der Waals surface area (Å²) >= 11 is 0. The fraction of sp³-hybridized carbons (Fsp3) is 0.632. The van der Waals surface area contributed by atoms with Crippen molar-refractivity contribution < 1.29 is 0 Å². The maximum absolute atomic E-state index is 5.09. The zero-order valence-electron chi connectivity index (χ0n) is 16.0. The summed E-state index contributed by atoms with van der Waals surface area (Å²) in [6, 6.07) is 0.317. The molecule has 140 valence electrons. The van der Waals surface area contributed by atoms with Gasteiger partial charge in [0.15, 0.2) is 11.6 Å². The van der Waals surface area contributed by atoms with E-state index < -0.39 is 0 Å². The number of aliphatic imine (C=N–C) groups is 1. The highest BCUT2D eigenvalue weighted by atomic mass is 15.4. The summed E-state index contributed by atoms with van der Waals surface area (Å²) in [6.07, 6.45) is 7.30. The number of nitrogens with zero attached hydrogens (tertiary/aromatic N) is 8. The Balaban J connectivity index is 1.51. The lowest BCUT2D eigenvalue weighted by atomic mass is 10.1. The van der Waals surface area contributed by atoms with E-state index in [9.17, 15) is 0 Å². The van der Waals surface area contributed by atoms with Crippen LogP contribution in [0.2, 0.25) is 0 Å². The molecule has 4 aliphatic rings. The van der Waals surface area contributed by atoms with Crippen molar-refractivity contribution in [3.05, 3.63) is 18.3 Å². The molecule has 0 aromatic carbocycles. The molecule has 0 N–H and O–H groups in total. The standard InChI is InChI=1S/C19H24N8/c1-11(2)27-16-14(26-10-22-24-17(26)19(27)8-12(19)3)9-21-18(23-16)25-7-6-20-15(25)13-4-5-13/h9-13H,4-8H2,1-3H3/t12-,19-/m0/s1. The molecule has 6 rings (SSSR count). The summed E-state index contributed by atoms with van der Waals surface area (Å²) in [5.74, 6) is 5.11. The van der Waals surface area contributed by atoms with Gasteiger partial charge in [0.25, 0.3) is 0 Å². The zero-order chi connectivity index (χ0) is 18.3. The highest BCUT2D eigenvalue weighted by molar-refractivity contribution is 6.01. The maximum atomic E-state index is 5.09. The minimum absolute atomic E-state index is 0.0955. The average molecular weight is 364 g/mol. The van der Waals surface area contributed by atoms with E-state index in [1.54, 1.807) is 6.33 Å². The first kappa shape index (κ1) is 15.5. The first-order valence-electron chi connectivity index (χ1n) is 10.0. The lowest BCUT2D eigenvalue weighted by Gasteiger charge is -2.41. The van der Waals surface area contributed by atoms with Gasteiger partial charge < -0.3 is 4.90 Å². The summed E-state index contributed by atoms with van der Waals surface area (Å²) < 4.78 is 2.08. The molecule has 2 fully saturated rings. The van der Waals surface area contributed by atoms with Gasteiger partial charge in [-0.15, -0.1) is 10.2 Å². The van der Waals surface area contributed by atoms with Crippen LogP contribution in [0.25, 0.3) is 5.69 Å². The van der Waals surface area contributed by atoms with Gasteiger partial charge in [0.1, 0.15) is 23.4 Å². The summed E-state index contributed by atoms with van der Waals surface area (Å²) in [7, 11) is 0. The lowest BCUT2D eigenvalue weighted by Crippen LogP contribution is -2.47. The van der Waals surface area contributed by atoms with Crippen molar-refractivity contribution in [1.29, 1.82) is 0 Å². The molecule has 0 unspecified atom stereocenters. The van der Waals surface area contributed by atoms with E-state index in [0.717, 1.165) is 42.8 Å². The van der Waals surface area contributed by atoms with Crippen molar-refractivity contribution in [2.75, 3.05) is 22.9 Å². The number of anilines is 2. The van der Waals surface area contributed by atoms with Crippen LogP contribution in [0.1, 0.15) is 45.9 Å². The second kappa shape index (κ2) is 5.05. The summed E-state index contributed by atoms with van der Waals surface area (Å²) in [5, 5.41) is 8.69. The number of rotatable bonds is 3. The Kier molecular flexibility index (Phi) is 2.91. The molecule has 2 aromatic rings. The second-order valence-electron chi connectivity index (χ2n) is 8.56. The molecule has 8 nitrogen and oxygen atoms in total. The van der Waals surface area contributed by atoms with Gasteiger partial charge in [-0.1, -0.05) is 6.92 Å². The van der Waals surface area contributed by atoms with Crippen LogP contribution in [0.4, 0.5) is 11.8 Å². The molecule has 2 aliphatic heterocycles. The average Bonchev–Trinajstić information content (AvgIpc) is 3.46. The van der Waals surface area contributed by atoms with E-state index in [1.165, 1.54) is 18.7 Å². The third-order valence-electron chi connectivity index (χ3n) is 6.44. The van der Waals surface area contributed by atoms with Crippen molar-refractivity contribution in [3.63, 3.8) is 0 Å². The molecular formula is C19H24N8. The molecule has 0 bridgehead atoms. The largest absolute Gasteiger partial charge is 0.339 e. The Morgan fingerprint density at radius 2 is 2.07 bits per heavy atom. The molecule has 8 heteroatoms. The third-order valence-corrected chi connectivity index (χ3v) is 6.44. The van der Waals surface area contributed by atoms with Gasteiger partial charge in [0.2, 0.25) is 5.95 Å². The third kappa shape index (κ3) is 1.96. The highest BCUT2D eigenvalue weighted by Gasteiger charge is 2.63. The molecule has 2 aliphatic carbocycles. The minimum Gasteiger partial charge on any atom is -0.339 e. The number of hydrogen-bond acceptors (Lipinski definition) is 7. The molecule has 0 saturated heterocycles. The van der Waals surface area contributed by atoms with E-state index in [4.69, 9.17) is 15.0 Å². The Hall–Kier alpha value is -2.51. The van der Waals surface area contributed by atoms with E-state index >= 15 is 0 Å².